The molecule has 2 N–H and O–H groups in total. The Kier molecular flexibility index (Phi) is 3.53. The van der Waals surface area contributed by atoms with Gasteiger partial charge < -0.3 is 10.3 Å². The average Bonchev–Trinajstić information content (AvgIpc) is 2.63. The van der Waals surface area contributed by atoms with Crippen molar-refractivity contribution in [3.8, 4) is 0 Å². The zero-order valence-electron chi connectivity index (χ0n) is 11.0. The Balaban J connectivity index is 2.42. The van der Waals surface area contributed by atoms with Crippen LogP contribution in [-0.2, 0) is 13.0 Å². The molecule has 0 aliphatic heterocycles. The summed E-state index contributed by atoms with van der Waals surface area (Å²) in [6.45, 7) is 7.44. The Bertz CT molecular complexity index is 509. The van der Waals surface area contributed by atoms with Gasteiger partial charge in [-0.3, -0.25) is 0 Å². The van der Waals surface area contributed by atoms with Crippen LogP contribution < -0.4 is 5.73 Å². The highest BCUT2D eigenvalue weighted by molar-refractivity contribution is 5.84. The fourth-order valence-electron chi connectivity index (χ4n) is 2.32. The first-order valence-corrected chi connectivity index (χ1v) is 6.45. The second-order valence-corrected chi connectivity index (χ2v) is 4.98. The molecule has 0 fully saturated rings. The van der Waals surface area contributed by atoms with Crippen molar-refractivity contribution < 1.29 is 0 Å². The van der Waals surface area contributed by atoms with Gasteiger partial charge in [0, 0.05) is 29.7 Å². The normalized spacial score (nSPS) is 13.2. The molecule has 2 rings (SSSR count). The van der Waals surface area contributed by atoms with Gasteiger partial charge in [0.15, 0.2) is 0 Å². The standard InChI is InChI=1S/C15H22N2/c1-4-17-10-13(7-6-12(3)16)14-8-5-11(2)9-15(14)17/h5,8-10,12H,4,6-7,16H2,1-3H3/t12-/m1/s1. The molecule has 0 saturated carbocycles. The van der Waals surface area contributed by atoms with E-state index in [2.05, 4.69) is 49.7 Å². The lowest BCUT2D eigenvalue weighted by molar-refractivity contribution is 0.665. The Hall–Kier alpha value is -1.28. The van der Waals surface area contributed by atoms with E-state index < -0.39 is 0 Å². The zero-order chi connectivity index (χ0) is 12.4. The topological polar surface area (TPSA) is 30.9 Å². The highest BCUT2D eigenvalue weighted by atomic mass is 14.9. The van der Waals surface area contributed by atoms with E-state index in [1.54, 1.807) is 0 Å². The van der Waals surface area contributed by atoms with Crippen LogP contribution in [0, 0.1) is 6.92 Å². The van der Waals surface area contributed by atoms with E-state index in [1.165, 1.54) is 22.0 Å². The summed E-state index contributed by atoms with van der Waals surface area (Å²) in [6, 6.07) is 6.99. The van der Waals surface area contributed by atoms with Crippen molar-refractivity contribution in [1.82, 2.24) is 4.57 Å². The predicted octanol–water partition coefficient (Wildman–Crippen LogP) is 3.25. The number of rotatable bonds is 4. The van der Waals surface area contributed by atoms with E-state index in [4.69, 9.17) is 5.73 Å². The number of nitrogens with two attached hydrogens (primary N) is 1. The second-order valence-electron chi connectivity index (χ2n) is 4.98. The number of aryl methyl sites for hydroxylation is 3. The second kappa shape index (κ2) is 4.92. The minimum absolute atomic E-state index is 0.278. The van der Waals surface area contributed by atoms with E-state index in [-0.39, 0.29) is 6.04 Å². The third-order valence-corrected chi connectivity index (χ3v) is 3.33. The number of aromatic nitrogens is 1. The van der Waals surface area contributed by atoms with Crippen molar-refractivity contribution in [2.45, 2.75) is 46.2 Å². The Labute approximate surface area is 103 Å². The number of nitrogens with zero attached hydrogens (tertiary/aromatic N) is 1. The molecule has 1 aromatic heterocycles. The Morgan fingerprint density at radius 1 is 1.35 bits per heavy atom. The number of fused-ring (bicyclic) bond motifs is 1. The number of hydrogen-bond acceptors (Lipinski definition) is 1. The highest BCUT2D eigenvalue weighted by Crippen LogP contribution is 2.24. The Morgan fingerprint density at radius 3 is 2.76 bits per heavy atom. The molecule has 1 atom stereocenters. The van der Waals surface area contributed by atoms with Crippen LogP contribution in [0.4, 0.5) is 0 Å². The van der Waals surface area contributed by atoms with Crippen LogP contribution in [-0.4, -0.2) is 10.6 Å². The monoisotopic (exact) mass is 230 g/mol. The first-order valence-electron chi connectivity index (χ1n) is 6.45. The summed E-state index contributed by atoms with van der Waals surface area (Å²) < 4.78 is 2.33. The molecule has 1 aromatic carbocycles. The van der Waals surface area contributed by atoms with E-state index >= 15 is 0 Å². The molecule has 0 aliphatic rings. The zero-order valence-corrected chi connectivity index (χ0v) is 11.0. The fourth-order valence-corrected chi connectivity index (χ4v) is 2.32. The smallest absolute Gasteiger partial charge is 0.0485 e. The van der Waals surface area contributed by atoms with Crippen molar-refractivity contribution in [3.63, 3.8) is 0 Å². The molecule has 0 unspecified atom stereocenters. The lowest BCUT2D eigenvalue weighted by Crippen LogP contribution is -2.15. The quantitative estimate of drug-likeness (QED) is 0.858. The molecule has 0 bridgehead atoms. The third-order valence-electron chi connectivity index (χ3n) is 3.33. The maximum Gasteiger partial charge on any atom is 0.0485 e. The molecule has 0 amide bonds. The SMILES string of the molecule is CCn1cc(CC[C@@H](C)N)c2ccc(C)cc21. The molecule has 0 aliphatic carbocycles. The lowest BCUT2D eigenvalue weighted by Gasteiger charge is -2.03. The summed E-state index contributed by atoms with van der Waals surface area (Å²) in [7, 11) is 0. The van der Waals surface area contributed by atoms with Gasteiger partial charge in [-0.2, -0.15) is 0 Å². The van der Waals surface area contributed by atoms with Gasteiger partial charge in [-0.15, -0.1) is 0 Å². The number of benzene rings is 1. The molecule has 0 spiro atoms. The van der Waals surface area contributed by atoms with E-state index in [1.807, 2.05) is 0 Å². The summed E-state index contributed by atoms with van der Waals surface area (Å²) in [5, 5.41) is 1.39. The van der Waals surface area contributed by atoms with E-state index in [0.29, 0.717) is 0 Å². The van der Waals surface area contributed by atoms with Gasteiger partial charge in [0.2, 0.25) is 0 Å². The van der Waals surface area contributed by atoms with Crippen LogP contribution in [0.15, 0.2) is 24.4 Å². The van der Waals surface area contributed by atoms with Crippen LogP contribution in [0.1, 0.15) is 31.4 Å². The Morgan fingerprint density at radius 2 is 2.12 bits per heavy atom. The number of hydrogen-bond donors (Lipinski definition) is 1. The summed E-state index contributed by atoms with van der Waals surface area (Å²) in [5.74, 6) is 0. The first-order chi connectivity index (χ1) is 8.11. The molecule has 0 saturated heterocycles. The van der Waals surface area contributed by atoms with Crippen molar-refractivity contribution in [1.29, 1.82) is 0 Å². The molecule has 2 heteroatoms. The summed E-state index contributed by atoms with van der Waals surface area (Å²) >= 11 is 0. The molecule has 92 valence electrons. The van der Waals surface area contributed by atoms with E-state index in [0.717, 1.165) is 19.4 Å². The molecular weight excluding hydrogens is 208 g/mol. The molecule has 17 heavy (non-hydrogen) atoms. The van der Waals surface area contributed by atoms with Crippen LogP contribution in [0.5, 0.6) is 0 Å². The minimum atomic E-state index is 0.278. The largest absolute Gasteiger partial charge is 0.347 e. The summed E-state index contributed by atoms with van der Waals surface area (Å²) in [6.07, 6.45) is 4.41. The lowest BCUT2D eigenvalue weighted by atomic mass is 10.0. The van der Waals surface area contributed by atoms with Crippen molar-refractivity contribution in [3.05, 3.63) is 35.5 Å². The van der Waals surface area contributed by atoms with Gasteiger partial charge in [-0.25, -0.2) is 0 Å². The fraction of sp³-hybridized carbons (Fsp3) is 0.467. The third kappa shape index (κ3) is 2.52. The molecule has 1 heterocycles. The van der Waals surface area contributed by atoms with Gasteiger partial charge in [-0.1, -0.05) is 12.1 Å². The van der Waals surface area contributed by atoms with E-state index in [9.17, 15) is 0 Å². The summed E-state index contributed by atoms with van der Waals surface area (Å²) in [4.78, 5) is 0. The van der Waals surface area contributed by atoms with Gasteiger partial charge in [-0.05, 0) is 50.8 Å². The average molecular weight is 230 g/mol. The van der Waals surface area contributed by atoms with Crippen LogP contribution in [0.3, 0.4) is 0 Å². The van der Waals surface area contributed by atoms with Crippen LogP contribution in [0.2, 0.25) is 0 Å². The van der Waals surface area contributed by atoms with Crippen LogP contribution >= 0.6 is 0 Å². The maximum absolute atomic E-state index is 5.84. The maximum atomic E-state index is 5.84. The van der Waals surface area contributed by atoms with Gasteiger partial charge >= 0.3 is 0 Å². The van der Waals surface area contributed by atoms with Crippen molar-refractivity contribution in [2.24, 2.45) is 5.73 Å². The van der Waals surface area contributed by atoms with Gasteiger partial charge in [0.05, 0.1) is 0 Å². The molecular formula is C15H22N2. The van der Waals surface area contributed by atoms with Gasteiger partial charge in [0.25, 0.3) is 0 Å². The van der Waals surface area contributed by atoms with Crippen molar-refractivity contribution in [2.75, 3.05) is 0 Å². The highest BCUT2D eigenvalue weighted by Gasteiger charge is 2.08. The molecule has 0 radical (unpaired) electrons. The molecule has 2 nitrogen and oxygen atoms in total. The molecule has 2 aromatic rings. The first kappa shape index (κ1) is 12.2. The predicted molar refractivity (Wildman–Crippen MR) is 74.3 cm³/mol. The minimum Gasteiger partial charge on any atom is -0.347 e. The van der Waals surface area contributed by atoms with Crippen LogP contribution in [0.25, 0.3) is 10.9 Å². The summed E-state index contributed by atoms with van der Waals surface area (Å²) in [5.41, 5.74) is 9.95. The van der Waals surface area contributed by atoms with Crippen molar-refractivity contribution >= 4 is 10.9 Å². The van der Waals surface area contributed by atoms with Gasteiger partial charge in [0.1, 0.15) is 0 Å².